The minimum Gasteiger partial charge on any atom is -0.493 e. The van der Waals surface area contributed by atoms with Crippen molar-refractivity contribution in [2.45, 2.75) is 50.8 Å². The molecule has 5 heteroatoms. The average Bonchev–Trinajstić information content (AvgIpc) is 2.69. The molecular formula is C22H34N2O3. The minimum atomic E-state index is -0.116. The summed E-state index contributed by atoms with van der Waals surface area (Å²) in [4.78, 5) is 2.49. The number of methoxy groups -OCH3 is 1. The Balaban J connectivity index is 1.98. The van der Waals surface area contributed by atoms with Gasteiger partial charge in [0.15, 0.2) is 11.5 Å². The van der Waals surface area contributed by atoms with Crippen LogP contribution < -0.4 is 14.8 Å². The molecule has 1 aromatic carbocycles. The molecule has 2 unspecified atom stereocenters. The van der Waals surface area contributed by atoms with Crippen molar-refractivity contribution in [2.24, 2.45) is 5.92 Å². The fourth-order valence-electron chi connectivity index (χ4n) is 4.66. The van der Waals surface area contributed by atoms with E-state index in [1.54, 1.807) is 7.11 Å². The summed E-state index contributed by atoms with van der Waals surface area (Å²) >= 11 is 0. The van der Waals surface area contributed by atoms with Crippen molar-refractivity contribution in [1.82, 2.24) is 10.2 Å². The van der Waals surface area contributed by atoms with Crippen molar-refractivity contribution in [3.8, 4) is 11.5 Å². The summed E-state index contributed by atoms with van der Waals surface area (Å²) in [5.74, 6) is 1.95. The Kier molecular flexibility index (Phi) is 6.79. The van der Waals surface area contributed by atoms with Crippen LogP contribution in [-0.4, -0.2) is 62.0 Å². The lowest BCUT2D eigenvalue weighted by atomic mass is 9.74. The Morgan fingerprint density at radius 2 is 2.19 bits per heavy atom. The van der Waals surface area contributed by atoms with Crippen LogP contribution in [0.5, 0.6) is 11.5 Å². The van der Waals surface area contributed by atoms with E-state index in [0.29, 0.717) is 18.5 Å². The molecule has 2 N–H and O–H groups in total. The molecule has 2 aliphatic rings. The molecule has 1 aromatic rings. The maximum Gasteiger partial charge on any atom is 0.162 e. The summed E-state index contributed by atoms with van der Waals surface area (Å²) in [6.45, 7) is 8.50. The van der Waals surface area contributed by atoms with Crippen LogP contribution in [0.1, 0.15) is 31.7 Å². The zero-order valence-electron chi connectivity index (χ0n) is 16.9. The molecule has 5 nitrogen and oxygen atoms in total. The van der Waals surface area contributed by atoms with Crippen LogP contribution in [-0.2, 0) is 6.42 Å². The lowest BCUT2D eigenvalue weighted by Crippen LogP contribution is -2.53. The van der Waals surface area contributed by atoms with Crippen molar-refractivity contribution < 1.29 is 14.6 Å². The second-order valence-corrected chi connectivity index (χ2v) is 7.82. The number of aliphatic hydroxyl groups excluding tert-OH is 1. The molecule has 0 spiro atoms. The molecule has 1 saturated carbocycles. The Morgan fingerprint density at radius 1 is 1.37 bits per heavy atom. The first kappa shape index (κ1) is 20.2. The third kappa shape index (κ3) is 4.31. The van der Waals surface area contributed by atoms with Gasteiger partial charge in [-0.1, -0.05) is 19.6 Å². The van der Waals surface area contributed by atoms with Gasteiger partial charge < -0.3 is 24.8 Å². The Labute approximate surface area is 163 Å². The molecule has 0 aromatic heterocycles. The first-order chi connectivity index (χ1) is 13.1. The molecule has 1 aliphatic carbocycles. The highest BCUT2D eigenvalue weighted by Crippen LogP contribution is 2.41. The summed E-state index contributed by atoms with van der Waals surface area (Å²) in [5.41, 5.74) is 2.44. The number of fused-ring (bicyclic) bond motifs is 4. The van der Waals surface area contributed by atoms with Gasteiger partial charge in [-0.3, -0.25) is 0 Å². The zero-order chi connectivity index (χ0) is 19.4. The number of aliphatic hydroxyl groups is 1. The number of hydrogen-bond acceptors (Lipinski definition) is 5. The van der Waals surface area contributed by atoms with E-state index in [9.17, 15) is 5.11 Å². The summed E-state index contributed by atoms with van der Waals surface area (Å²) in [7, 11) is 3.91. The van der Waals surface area contributed by atoms with E-state index < -0.39 is 0 Å². The molecule has 0 amide bonds. The number of nitrogens with zero attached hydrogens (tertiary/aromatic N) is 1. The number of likely N-dealkylation sites (N-methyl/N-ethyl adjacent to an activating group) is 1. The number of rotatable bonds is 7. The highest BCUT2D eigenvalue weighted by molar-refractivity contribution is 5.45. The fourth-order valence-corrected chi connectivity index (χ4v) is 4.66. The fraction of sp³-hybridized carbons (Fsp3) is 0.636. The standard InChI is InChI=1S/C22H34N2O3/c1-5-11-24(3)19-13-16-6-9-20(26-4)21(14-16)27-22-15(2)17(19)7-8-18(22)23-10-12-25/h6,9,14,17-19,22-23,25H,2,5,7-8,10-13H2,1,3-4H3/t17-,18?,19-,22?/m0/s1. The molecule has 3 rings (SSSR count). The molecule has 4 bridgehead atoms. The van der Waals surface area contributed by atoms with Crippen LogP contribution in [0, 0.1) is 5.92 Å². The predicted octanol–water partition coefficient (Wildman–Crippen LogP) is 2.63. The van der Waals surface area contributed by atoms with Crippen LogP contribution >= 0.6 is 0 Å². The van der Waals surface area contributed by atoms with Crippen LogP contribution in [0.2, 0.25) is 0 Å². The molecule has 1 aliphatic heterocycles. The highest BCUT2D eigenvalue weighted by Gasteiger charge is 2.41. The normalized spacial score (nSPS) is 27.5. The van der Waals surface area contributed by atoms with Crippen LogP contribution in [0.25, 0.3) is 0 Å². The van der Waals surface area contributed by atoms with E-state index in [1.165, 1.54) is 5.56 Å². The van der Waals surface area contributed by atoms with Crippen molar-refractivity contribution >= 4 is 0 Å². The second kappa shape index (κ2) is 9.09. The largest absolute Gasteiger partial charge is 0.493 e. The number of hydrogen-bond donors (Lipinski definition) is 2. The van der Waals surface area contributed by atoms with Gasteiger partial charge in [-0.2, -0.15) is 0 Å². The topological polar surface area (TPSA) is 54.0 Å². The van der Waals surface area contributed by atoms with Gasteiger partial charge in [-0.25, -0.2) is 0 Å². The van der Waals surface area contributed by atoms with Gasteiger partial charge in [0.05, 0.1) is 13.7 Å². The Hall–Kier alpha value is -1.56. The predicted molar refractivity (Wildman–Crippen MR) is 109 cm³/mol. The molecule has 150 valence electrons. The Morgan fingerprint density at radius 3 is 2.89 bits per heavy atom. The lowest BCUT2D eigenvalue weighted by Gasteiger charge is -2.43. The van der Waals surface area contributed by atoms with Crippen molar-refractivity contribution in [1.29, 1.82) is 0 Å². The van der Waals surface area contributed by atoms with Gasteiger partial charge in [0.1, 0.15) is 6.10 Å². The third-order valence-electron chi connectivity index (χ3n) is 6.05. The lowest BCUT2D eigenvalue weighted by molar-refractivity contribution is 0.0999. The summed E-state index contributed by atoms with van der Waals surface area (Å²) in [5, 5.41) is 12.7. The van der Waals surface area contributed by atoms with Gasteiger partial charge in [0, 0.05) is 18.6 Å². The van der Waals surface area contributed by atoms with E-state index in [-0.39, 0.29) is 18.8 Å². The van der Waals surface area contributed by atoms with E-state index in [2.05, 4.69) is 42.9 Å². The number of ether oxygens (including phenoxy) is 2. The molecule has 27 heavy (non-hydrogen) atoms. The summed E-state index contributed by atoms with van der Waals surface area (Å²) in [6.07, 6.45) is 4.12. The Bertz CT molecular complexity index is 648. The minimum absolute atomic E-state index is 0.116. The first-order valence-electron chi connectivity index (χ1n) is 10.2. The van der Waals surface area contributed by atoms with E-state index in [4.69, 9.17) is 9.47 Å². The maximum atomic E-state index is 9.25. The van der Waals surface area contributed by atoms with Crippen molar-refractivity contribution in [3.05, 3.63) is 35.9 Å². The monoisotopic (exact) mass is 374 g/mol. The summed E-state index contributed by atoms with van der Waals surface area (Å²) in [6, 6.07) is 6.86. The third-order valence-corrected chi connectivity index (χ3v) is 6.05. The molecular weight excluding hydrogens is 340 g/mol. The van der Waals surface area contributed by atoms with Crippen LogP contribution in [0.15, 0.2) is 30.4 Å². The van der Waals surface area contributed by atoms with E-state index in [0.717, 1.165) is 49.3 Å². The van der Waals surface area contributed by atoms with Crippen molar-refractivity contribution in [2.75, 3.05) is 33.9 Å². The second-order valence-electron chi connectivity index (χ2n) is 7.82. The van der Waals surface area contributed by atoms with Gasteiger partial charge >= 0.3 is 0 Å². The summed E-state index contributed by atoms with van der Waals surface area (Å²) < 4.78 is 12.0. The smallest absolute Gasteiger partial charge is 0.162 e. The van der Waals surface area contributed by atoms with E-state index >= 15 is 0 Å². The average molecular weight is 375 g/mol. The number of nitrogens with one attached hydrogen (secondary N) is 1. The van der Waals surface area contributed by atoms with Crippen LogP contribution in [0.4, 0.5) is 0 Å². The van der Waals surface area contributed by atoms with Gasteiger partial charge in [-0.15, -0.1) is 0 Å². The van der Waals surface area contributed by atoms with Gasteiger partial charge in [0.2, 0.25) is 0 Å². The van der Waals surface area contributed by atoms with E-state index in [1.807, 2.05) is 6.07 Å². The van der Waals surface area contributed by atoms with Crippen LogP contribution in [0.3, 0.4) is 0 Å². The molecule has 1 heterocycles. The molecule has 0 saturated heterocycles. The van der Waals surface area contributed by atoms with Gasteiger partial charge in [-0.05, 0) is 68.5 Å². The number of benzene rings is 1. The van der Waals surface area contributed by atoms with Gasteiger partial charge in [0.25, 0.3) is 0 Å². The zero-order valence-corrected chi connectivity index (χ0v) is 16.9. The highest BCUT2D eigenvalue weighted by atomic mass is 16.5. The molecule has 0 radical (unpaired) electrons. The molecule has 1 fully saturated rings. The van der Waals surface area contributed by atoms with Crippen molar-refractivity contribution in [3.63, 3.8) is 0 Å². The SMILES string of the molecule is C=C1C2Oc3cc(ccc3OC)C[C@H](N(C)CCC)[C@H]1CCC2NCCO. The maximum absolute atomic E-state index is 9.25. The molecule has 4 atom stereocenters. The first-order valence-corrected chi connectivity index (χ1v) is 10.2. The quantitative estimate of drug-likeness (QED) is 0.719.